The summed E-state index contributed by atoms with van der Waals surface area (Å²) in [7, 11) is 0. The zero-order valence-electron chi connectivity index (χ0n) is 11.3. The first-order valence-electron chi connectivity index (χ1n) is 5.80. The minimum atomic E-state index is -0.741. The molecule has 0 aromatic rings. The van der Waals surface area contributed by atoms with Gasteiger partial charge in [0.15, 0.2) is 0 Å². The lowest BCUT2D eigenvalue weighted by atomic mass is 10.1. The van der Waals surface area contributed by atoms with Crippen molar-refractivity contribution in [2.45, 2.75) is 47.5 Å². The Morgan fingerprint density at radius 3 is 2.00 bits per heavy atom. The number of hydrogen-bond donors (Lipinski definition) is 1. The van der Waals surface area contributed by atoms with Crippen LogP contribution in [0.2, 0.25) is 0 Å². The maximum absolute atomic E-state index is 9.70. The van der Waals surface area contributed by atoms with Gasteiger partial charge in [0.2, 0.25) is 0 Å². The molecule has 0 saturated heterocycles. The number of allylic oxidation sites excluding steroid dienone is 3. The number of carbonyl (C=O) groups is 1. The molecule has 94 valence electrons. The first-order chi connectivity index (χ1) is 7.31. The summed E-state index contributed by atoms with van der Waals surface area (Å²) in [5.74, 6) is -0.310. The van der Waals surface area contributed by atoms with Gasteiger partial charge >= 0.3 is 5.97 Å². The van der Waals surface area contributed by atoms with Crippen LogP contribution in [0.1, 0.15) is 47.5 Å². The number of rotatable bonds is 5. The summed E-state index contributed by atoms with van der Waals surface area (Å²) in [6.07, 6.45) is 6.71. The average Bonchev–Trinajstić information content (AvgIpc) is 2.17. The minimum absolute atomic E-state index is 0.231. The zero-order chi connectivity index (χ0) is 13.1. The second-order valence-corrected chi connectivity index (χ2v) is 4.56. The summed E-state index contributed by atoms with van der Waals surface area (Å²) < 4.78 is 0. The van der Waals surface area contributed by atoms with Gasteiger partial charge in [-0.25, -0.2) is 0 Å². The van der Waals surface area contributed by atoms with Crippen LogP contribution < -0.4 is 0 Å². The number of carboxylic acids is 1. The van der Waals surface area contributed by atoms with E-state index >= 15 is 0 Å². The van der Waals surface area contributed by atoms with Gasteiger partial charge in [0.1, 0.15) is 0 Å². The molecular formula is C14H26O2. The third-order valence-corrected chi connectivity index (χ3v) is 2.07. The van der Waals surface area contributed by atoms with Crippen molar-refractivity contribution in [2.24, 2.45) is 11.8 Å². The van der Waals surface area contributed by atoms with E-state index in [4.69, 9.17) is 5.11 Å². The van der Waals surface area contributed by atoms with Crippen LogP contribution in [0.3, 0.4) is 0 Å². The van der Waals surface area contributed by atoms with Crippen molar-refractivity contribution < 1.29 is 9.90 Å². The Balaban J connectivity index is 0. The van der Waals surface area contributed by atoms with Crippen molar-refractivity contribution >= 4 is 5.97 Å². The minimum Gasteiger partial charge on any atom is -0.481 e. The van der Waals surface area contributed by atoms with Gasteiger partial charge in [0.05, 0.1) is 5.92 Å². The van der Waals surface area contributed by atoms with Crippen molar-refractivity contribution in [3.8, 4) is 0 Å². The van der Waals surface area contributed by atoms with Crippen LogP contribution >= 0.6 is 0 Å². The van der Waals surface area contributed by atoms with Crippen LogP contribution in [0.4, 0.5) is 0 Å². The summed E-state index contributed by atoms with van der Waals surface area (Å²) in [5, 5.41) is 7.99. The lowest BCUT2D eigenvalue weighted by Gasteiger charge is -2.01. The first-order valence-corrected chi connectivity index (χ1v) is 5.80. The van der Waals surface area contributed by atoms with Crippen molar-refractivity contribution in [1.82, 2.24) is 0 Å². The summed E-state index contributed by atoms with van der Waals surface area (Å²) in [6, 6.07) is 0. The lowest BCUT2D eigenvalue weighted by molar-refractivity contribution is -0.140. The van der Waals surface area contributed by atoms with Crippen LogP contribution in [-0.4, -0.2) is 11.1 Å². The van der Waals surface area contributed by atoms with Gasteiger partial charge in [0, 0.05) is 0 Å². The molecule has 0 amide bonds. The Kier molecular flexibility index (Phi) is 11.3. The smallest absolute Gasteiger partial charge is 0.305 e. The maximum Gasteiger partial charge on any atom is 0.305 e. The highest BCUT2D eigenvalue weighted by Crippen LogP contribution is 2.07. The molecule has 0 aliphatic rings. The molecule has 0 aliphatic carbocycles. The summed E-state index contributed by atoms with van der Waals surface area (Å²) in [5.41, 5.74) is 1.41. The van der Waals surface area contributed by atoms with Crippen LogP contribution in [0.5, 0.6) is 0 Å². The number of hydrogen-bond acceptors (Lipinski definition) is 1. The Bertz CT molecular complexity index is 223. The summed E-state index contributed by atoms with van der Waals surface area (Å²) in [6.45, 7) is 13.5. The van der Waals surface area contributed by atoms with Gasteiger partial charge < -0.3 is 5.11 Å². The van der Waals surface area contributed by atoms with Gasteiger partial charge in [-0.3, -0.25) is 4.79 Å². The first kappa shape index (κ1) is 17.3. The topological polar surface area (TPSA) is 37.3 Å². The van der Waals surface area contributed by atoms with E-state index in [1.54, 1.807) is 13.8 Å². The lowest BCUT2D eigenvalue weighted by Crippen LogP contribution is -2.03. The van der Waals surface area contributed by atoms with E-state index in [-0.39, 0.29) is 5.92 Å². The Labute approximate surface area is 100 Å². The molecule has 1 unspecified atom stereocenters. The van der Waals surface area contributed by atoms with Gasteiger partial charge in [-0.1, -0.05) is 38.5 Å². The molecule has 0 aromatic heterocycles. The molecule has 0 heterocycles. The molecule has 1 N–H and O–H groups in total. The monoisotopic (exact) mass is 226 g/mol. The standard InChI is InChI=1S/C10H18.C4H8O2/c1-5-10(4)8-6-7-9(2)3;1-3(2)4(5)6/h5,7,10H,1,6,8H2,2-4H3;3H,1-2H3,(H,5,6). The van der Waals surface area contributed by atoms with E-state index < -0.39 is 5.97 Å². The number of aliphatic carboxylic acids is 1. The molecule has 2 heteroatoms. The van der Waals surface area contributed by atoms with Crippen molar-refractivity contribution in [3.05, 3.63) is 24.3 Å². The van der Waals surface area contributed by atoms with Gasteiger partial charge in [-0.2, -0.15) is 0 Å². The summed E-state index contributed by atoms with van der Waals surface area (Å²) in [4.78, 5) is 9.70. The van der Waals surface area contributed by atoms with E-state index in [0.717, 1.165) is 0 Å². The molecule has 0 saturated carbocycles. The number of carboxylic acid groups (broad SMARTS) is 1. The SMILES string of the molecule is C=CC(C)CCC=C(C)C.CC(C)C(=O)O. The molecule has 0 fully saturated rings. The molecule has 0 aliphatic heterocycles. The molecule has 0 spiro atoms. The van der Waals surface area contributed by atoms with Crippen LogP contribution in [0.25, 0.3) is 0 Å². The molecule has 16 heavy (non-hydrogen) atoms. The molecule has 1 atom stereocenters. The highest BCUT2D eigenvalue weighted by molar-refractivity contribution is 5.68. The third-order valence-electron chi connectivity index (χ3n) is 2.07. The van der Waals surface area contributed by atoms with E-state index in [9.17, 15) is 4.79 Å². The fourth-order valence-corrected chi connectivity index (χ4v) is 0.753. The van der Waals surface area contributed by atoms with Crippen LogP contribution in [0.15, 0.2) is 24.3 Å². The Morgan fingerprint density at radius 2 is 1.75 bits per heavy atom. The van der Waals surface area contributed by atoms with E-state index in [2.05, 4.69) is 33.4 Å². The maximum atomic E-state index is 9.70. The predicted molar refractivity (Wildman–Crippen MR) is 70.5 cm³/mol. The average molecular weight is 226 g/mol. The normalized spacial score (nSPS) is 11.1. The van der Waals surface area contributed by atoms with Gasteiger partial charge in [0.25, 0.3) is 0 Å². The van der Waals surface area contributed by atoms with E-state index in [1.807, 2.05) is 6.08 Å². The molecular weight excluding hydrogens is 200 g/mol. The van der Waals surface area contributed by atoms with E-state index in [0.29, 0.717) is 5.92 Å². The molecule has 2 nitrogen and oxygen atoms in total. The van der Waals surface area contributed by atoms with Gasteiger partial charge in [-0.05, 0) is 32.6 Å². The third kappa shape index (κ3) is 15.4. The highest BCUT2D eigenvalue weighted by Gasteiger charge is 1.99. The second-order valence-electron chi connectivity index (χ2n) is 4.56. The van der Waals surface area contributed by atoms with Crippen molar-refractivity contribution in [3.63, 3.8) is 0 Å². The van der Waals surface area contributed by atoms with Crippen LogP contribution in [0, 0.1) is 11.8 Å². The molecule has 0 rings (SSSR count). The van der Waals surface area contributed by atoms with Gasteiger partial charge in [-0.15, -0.1) is 6.58 Å². The molecule has 0 radical (unpaired) electrons. The van der Waals surface area contributed by atoms with Crippen LogP contribution in [-0.2, 0) is 4.79 Å². The largest absolute Gasteiger partial charge is 0.481 e. The zero-order valence-corrected chi connectivity index (χ0v) is 11.3. The van der Waals surface area contributed by atoms with Crippen molar-refractivity contribution in [2.75, 3.05) is 0 Å². The summed E-state index contributed by atoms with van der Waals surface area (Å²) >= 11 is 0. The second kappa shape index (κ2) is 10.5. The van der Waals surface area contributed by atoms with Crippen molar-refractivity contribution in [1.29, 1.82) is 0 Å². The Morgan fingerprint density at radius 1 is 1.31 bits per heavy atom. The quantitative estimate of drug-likeness (QED) is 0.710. The Hall–Kier alpha value is -1.05. The highest BCUT2D eigenvalue weighted by atomic mass is 16.4. The molecule has 0 aromatic carbocycles. The van der Waals surface area contributed by atoms with E-state index in [1.165, 1.54) is 18.4 Å². The predicted octanol–water partition coefficient (Wildman–Crippen LogP) is 4.28. The fraction of sp³-hybridized carbons (Fsp3) is 0.643. The molecule has 0 bridgehead atoms. The fourth-order valence-electron chi connectivity index (χ4n) is 0.753.